The first-order chi connectivity index (χ1) is 15.9. The topological polar surface area (TPSA) is 233 Å². The van der Waals surface area contributed by atoms with E-state index in [1.54, 1.807) is 0 Å². The summed E-state index contributed by atoms with van der Waals surface area (Å²) >= 11 is 0. The van der Waals surface area contributed by atoms with Crippen LogP contribution < -0.4 is 11.2 Å². The highest BCUT2D eigenvalue weighted by Gasteiger charge is 2.43. The average Bonchev–Trinajstić information content (AvgIpc) is 3.02. The van der Waals surface area contributed by atoms with E-state index < -0.39 is 59.8 Å². The third-order valence-corrected chi connectivity index (χ3v) is 10.6. The molecule has 0 spiro atoms. The van der Waals surface area contributed by atoms with E-state index in [1.807, 2.05) is 20.8 Å². The summed E-state index contributed by atoms with van der Waals surface area (Å²) < 4.78 is 58.7. The van der Waals surface area contributed by atoms with Crippen molar-refractivity contribution in [1.29, 1.82) is 0 Å². The van der Waals surface area contributed by atoms with E-state index in [1.165, 1.54) is 27.8 Å². The second kappa shape index (κ2) is 12.0. The molecule has 1 aromatic rings. The molecule has 3 unspecified atom stereocenters. The lowest BCUT2D eigenvalue weighted by atomic mass is 10.2. The van der Waals surface area contributed by atoms with E-state index in [-0.39, 0.29) is 17.1 Å². The quantitative estimate of drug-likeness (QED) is 0.0991. The van der Waals surface area contributed by atoms with Gasteiger partial charge in [0.1, 0.15) is 18.3 Å². The number of H-pyrrole nitrogens is 1. The first-order valence-electron chi connectivity index (χ1n) is 9.53. The summed E-state index contributed by atoms with van der Waals surface area (Å²) in [5.74, 6) is 0.162. The Morgan fingerprint density at radius 3 is 2.37 bits per heavy atom. The van der Waals surface area contributed by atoms with E-state index in [2.05, 4.69) is 18.1 Å². The van der Waals surface area contributed by atoms with Gasteiger partial charge in [0.2, 0.25) is 0 Å². The van der Waals surface area contributed by atoms with Crippen molar-refractivity contribution in [3.63, 3.8) is 0 Å². The van der Waals surface area contributed by atoms with Gasteiger partial charge in [-0.2, -0.15) is 8.62 Å². The second-order valence-corrected chi connectivity index (χ2v) is 15.4. The number of nitrogens with zero attached hydrogens (tertiary/aromatic N) is 1. The number of ether oxygens (including phenoxy) is 2. The van der Waals surface area contributed by atoms with Gasteiger partial charge < -0.3 is 29.0 Å². The zero-order valence-electron chi connectivity index (χ0n) is 18.5. The molecule has 2 rings (SSSR count). The monoisotopic (exact) mass is 602 g/mol. The van der Waals surface area contributed by atoms with Crippen molar-refractivity contribution in [3.8, 4) is 0 Å². The van der Waals surface area contributed by atoms with E-state index in [9.17, 15) is 33.1 Å². The lowest BCUT2D eigenvalue weighted by Gasteiger charge is -2.22. The Kier molecular flexibility index (Phi) is 10.6. The van der Waals surface area contributed by atoms with Crippen molar-refractivity contribution in [1.82, 2.24) is 9.55 Å². The summed E-state index contributed by atoms with van der Waals surface area (Å²) in [6, 6.07) is 1.09. The van der Waals surface area contributed by atoms with Gasteiger partial charge in [0.25, 0.3) is 5.56 Å². The van der Waals surface area contributed by atoms with Crippen LogP contribution in [-0.4, -0.2) is 58.6 Å². The molecule has 0 saturated carbocycles. The van der Waals surface area contributed by atoms with Crippen molar-refractivity contribution in [3.05, 3.63) is 33.1 Å². The minimum absolute atomic E-state index is 0.0666. The summed E-state index contributed by atoms with van der Waals surface area (Å²) in [5.41, 5.74) is -1.40. The Morgan fingerprint density at radius 2 is 1.80 bits per heavy atom. The molecular formula is C14H25N2O14P3S2. The fourth-order valence-electron chi connectivity index (χ4n) is 2.64. The number of aromatic nitrogens is 2. The molecule has 16 nitrogen and oxygen atoms in total. The highest BCUT2D eigenvalue weighted by molar-refractivity contribution is 8.77. The molecule has 1 fully saturated rings. The molecule has 21 heteroatoms. The summed E-state index contributed by atoms with van der Waals surface area (Å²) in [6.45, 7) is 5.23. The van der Waals surface area contributed by atoms with E-state index >= 15 is 0 Å². The molecule has 0 radical (unpaired) electrons. The Balaban J connectivity index is 2.10. The Morgan fingerprint density at radius 1 is 1.14 bits per heavy atom. The van der Waals surface area contributed by atoms with Crippen molar-refractivity contribution < 1.29 is 55.9 Å². The van der Waals surface area contributed by atoms with Crippen LogP contribution in [0, 0.1) is 0 Å². The standard InChI is InChI=1S/C14H25N2O14P3S2/c1-14(2,3)35-34-8-26-9-6-12(16-5-4-11(17)15-13(16)18)28-10(9)7-27-32(22,23)30-33(24,25)29-31(19,20)21/h4-5,9-10,12H,6-8H2,1-3H3,(H,22,23)(H,24,25)(H,15,17,18)(H2,19,20,21)/t9?,10-,12-/m1/s1. The number of rotatable bonds is 12. The molecule has 35 heavy (non-hydrogen) atoms. The first kappa shape index (κ1) is 30.9. The molecule has 1 aliphatic rings. The van der Waals surface area contributed by atoms with E-state index in [0.29, 0.717) is 0 Å². The van der Waals surface area contributed by atoms with Gasteiger partial charge in [-0.15, -0.1) is 0 Å². The van der Waals surface area contributed by atoms with Crippen LogP contribution in [-0.2, 0) is 36.3 Å². The maximum absolute atomic E-state index is 12.1. The zero-order chi connectivity index (χ0) is 26.7. The average molecular weight is 602 g/mol. The summed E-state index contributed by atoms with van der Waals surface area (Å²) in [6.07, 6.45) is -1.59. The molecule has 0 aliphatic carbocycles. The Hall–Kier alpha value is -0.290. The SMILES string of the molecule is CC(C)(C)SSCOC1C[C@H](n2ccc(=O)[nH]c2=O)O[C@@H]1COP(=O)(O)OP(=O)(O)OP(=O)(O)O. The molecule has 0 aromatic carbocycles. The van der Waals surface area contributed by atoms with Gasteiger partial charge in [-0.1, -0.05) is 42.4 Å². The molecule has 202 valence electrons. The highest BCUT2D eigenvalue weighted by Crippen LogP contribution is 2.66. The highest BCUT2D eigenvalue weighted by atomic mass is 33.1. The van der Waals surface area contributed by atoms with Crippen molar-refractivity contribution in [2.45, 2.75) is 50.4 Å². The lowest BCUT2D eigenvalue weighted by Crippen LogP contribution is -2.31. The van der Waals surface area contributed by atoms with Crippen LogP contribution >= 0.6 is 45.1 Å². The van der Waals surface area contributed by atoms with Gasteiger partial charge in [0, 0.05) is 23.4 Å². The lowest BCUT2D eigenvalue weighted by molar-refractivity contribution is -0.0543. The maximum Gasteiger partial charge on any atom is 0.490 e. The van der Waals surface area contributed by atoms with E-state index in [0.717, 1.165) is 10.6 Å². The predicted molar refractivity (Wildman–Crippen MR) is 124 cm³/mol. The van der Waals surface area contributed by atoms with E-state index in [4.69, 9.17) is 19.3 Å². The molecule has 1 saturated heterocycles. The number of phosphoric ester groups is 1. The van der Waals surface area contributed by atoms with Crippen LogP contribution in [0.5, 0.6) is 0 Å². The van der Waals surface area contributed by atoms with Crippen LogP contribution in [0.2, 0.25) is 0 Å². The summed E-state index contributed by atoms with van der Waals surface area (Å²) in [4.78, 5) is 61.6. The second-order valence-electron chi connectivity index (χ2n) is 7.91. The van der Waals surface area contributed by atoms with Crippen LogP contribution in [0.25, 0.3) is 0 Å². The molecule has 1 aromatic heterocycles. The summed E-state index contributed by atoms with van der Waals surface area (Å²) in [7, 11) is -13.7. The third-order valence-electron chi connectivity index (χ3n) is 3.80. The number of hydrogen-bond donors (Lipinski definition) is 5. The predicted octanol–water partition coefficient (Wildman–Crippen LogP) is 1.69. The van der Waals surface area contributed by atoms with Gasteiger partial charge in [-0.3, -0.25) is 18.9 Å². The number of hydrogen-bond acceptors (Lipinski definition) is 12. The Labute approximate surface area is 206 Å². The molecule has 5 atom stereocenters. The molecule has 2 heterocycles. The van der Waals surface area contributed by atoms with Gasteiger partial charge in [-0.05, 0) is 0 Å². The van der Waals surface area contributed by atoms with Crippen LogP contribution in [0.3, 0.4) is 0 Å². The summed E-state index contributed by atoms with van der Waals surface area (Å²) in [5, 5.41) is 0. The van der Waals surface area contributed by atoms with Gasteiger partial charge in [0.15, 0.2) is 0 Å². The van der Waals surface area contributed by atoms with Crippen molar-refractivity contribution in [2.24, 2.45) is 0 Å². The van der Waals surface area contributed by atoms with Crippen LogP contribution in [0.1, 0.15) is 33.4 Å². The van der Waals surface area contributed by atoms with Crippen molar-refractivity contribution >= 4 is 45.1 Å². The molecule has 0 bridgehead atoms. The molecule has 5 N–H and O–H groups in total. The normalized spacial score (nSPS) is 24.7. The van der Waals surface area contributed by atoms with Gasteiger partial charge in [0.05, 0.1) is 12.7 Å². The minimum Gasteiger partial charge on any atom is -0.364 e. The number of nitrogens with one attached hydrogen (secondary N) is 1. The van der Waals surface area contributed by atoms with Crippen LogP contribution in [0.15, 0.2) is 21.9 Å². The fraction of sp³-hybridized carbons (Fsp3) is 0.714. The first-order valence-corrected chi connectivity index (χ1v) is 16.4. The molecule has 0 amide bonds. The van der Waals surface area contributed by atoms with Crippen molar-refractivity contribution in [2.75, 3.05) is 12.5 Å². The number of aromatic amines is 1. The van der Waals surface area contributed by atoms with Gasteiger partial charge in [-0.25, -0.2) is 18.5 Å². The largest absolute Gasteiger partial charge is 0.490 e. The zero-order valence-corrected chi connectivity index (χ0v) is 22.8. The molecular weight excluding hydrogens is 577 g/mol. The van der Waals surface area contributed by atoms with Crippen LogP contribution in [0.4, 0.5) is 0 Å². The smallest absolute Gasteiger partial charge is 0.364 e. The minimum atomic E-state index is -5.68. The molecule has 1 aliphatic heterocycles. The number of phosphoric acid groups is 3. The fourth-order valence-corrected chi connectivity index (χ4v) is 7.67. The van der Waals surface area contributed by atoms with Gasteiger partial charge >= 0.3 is 29.2 Å². The maximum atomic E-state index is 12.1. The third kappa shape index (κ3) is 11.3. The Bertz CT molecular complexity index is 1130.